The van der Waals surface area contributed by atoms with Crippen molar-refractivity contribution in [2.45, 2.75) is 84.2 Å². The van der Waals surface area contributed by atoms with Crippen LogP contribution in [0.25, 0.3) is 0 Å². The highest BCUT2D eigenvalue weighted by molar-refractivity contribution is 6.38. The minimum atomic E-state index is -0.950. The summed E-state index contributed by atoms with van der Waals surface area (Å²) in [6.07, 6.45) is 4.77. The molecule has 3 atom stereocenters. The summed E-state index contributed by atoms with van der Waals surface area (Å²) in [5.41, 5.74) is 1.77. The summed E-state index contributed by atoms with van der Waals surface area (Å²) < 4.78 is 5.82. The van der Waals surface area contributed by atoms with E-state index in [1.807, 2.05) is 49.9 Å². The van der Waals surface area contributed by atoms with Crippen LogP contribution in [0.15, 0.2) is 36.4 Å². The Hall–Kier alpha value is -2.08. The van der Waals surface area contributed by atoms with Crippen LogP contribution in [0.1, 0.15) is 99.2 Å². The Bertz CT molecular complexity index is 1200. The first-order valence-corrected chi connectivity index (χ1v) is 14.9. The van der Waals surface area contributed by atoms with Crippen molar-refractivity contribution in [3.05, 3.63) is 68.7 Å². The Morgan fingerprint density at radius 2 is 1.85 bits per heavy atom. The molecule has 2 aromatic rings. The molecule has 1 saturated carbocycles. The SMILES string of the molecule is CC(C)c1c(Cl)cc2c(c1Cl)C(=O)N(CCCCCOCc1ccccc1)C[C@H]1[C@](C)(C(=O)O)CCC[C@]21C. The summed E-state index contributed by atoms with van der Waals surface area (Å²) in [6, 6.07) is 12.0. The standard InChI is InChI=1S/C32H41Cl2NO4/c1-21(2)26-24(33)18-23-27(28(26)34)29(36)35(16-9-6-10-17-39-20-22-12-7-5-8-13-22)19-25-31(23,3)14-11-15-32(25,4)30(37)38/h5,7-8,12-13,18,21,25H,6,9-11,14-17,19-20H2,1-4H3,(H,37,38)/t25-,31-,32-/m1/s1. The number of carbonyl (C=O) groups excluding carboxylic acids is 1. The van der Waals surface area contributed by atoms with Gasteiger partial charge >= 0.3 is 5.97 Å². The van der Waals surface area contributed by atoms with E-state index in [0.29, 0.717) is 48.3 Å². The maximum absolute atomic E-state index is 14.2. The molecule has 0 spiro atoms. The number of hydrogen-bond acceptors (Lipinski definition) is 3. The Labute approximate surface area is 242 Å². The van der Waals surface area contributed by atoms with Gasteiger partial charge in [-0.2, -0.15) is 0 Å². The van der Waals surface area contributed by atoms with Crippen molar-refractivity contribution in [2.24, 2.45) is 11.3 Å². The molecule has 0 unspecified atom stereocenters. The van der Waals surface area contributed by atoms with Crippen LogP contribution in [0, 0.1) is 11.3 Å². The van der Waals surface area contributed by atoms with Crippen LogP contribution in [0.2, 0.25) is 10.0 Å². The minimum absolute atomic E-state index is 0.0509. The second-order valence-corrected chi connectivity index (χ2v) is 12.8. The fourth-order valence-corrected chi connectivity index (χ4v) is 7.75. The third-order valence-electron chi connectivity index (χ3n) is 9.10. The molecule has 39 heavy (non-hydrogen) atoms. The molecule has 212 valence electrons. The van der Waals surface area contributed by atoms with Crippen LogP contribution in [0.3, 0.4) is 0 Å². The van der Waals surface area contributed by atoms with E-state index in [2.05, 4.69) is 19.1 Å². The van der Waals surface area contributed by atoms with E-state index < -0.39 is 16.8 Å². The van der Waals surface area contributed by atoms with Gasteiger partial charge in [0.1, 0.15) is 0 Å². The summed E-state index contributed by atoms with van der Waals surface area (Å²) in [5, 5.41) is 11.3. The van der Waals surface area contributed by atoms with E-state index in [4.69, 9.17) is 27.9 Å². The van der Waals surface area contributed by atoms with E-state index in [1.54, 1.807) is 0 Å². The number of aliphatic carboxylic acids is 1. The highest BCUT2D eigenvalue weighted by Gasteiger charge is 2.57. The van der Waals surface area contributed by atoms with Gasteiger partial charge < -0.3 is 14.7 Å². The highest BCUT2D eigenvalue weighted by atomic mass is 35.5. The second kappa shape index (κ2) is 12.2. The second-order valence-electron chi connectivity index (χ2n) is 12.1. The van der Waals surface area contributed by atoms with Gasteiger partial charge in [-0.05, 0) is 73.1 Å². The number of nitrogens with zero attached hydrogens (tertiary/aromatic N) is 1. The van der Waals surface area contributed by atoms with Gasteiger partial charge in [-0.3, -0.25) is 9.59 Å². The number of hydrogen-bond donors (Lipinski definition) is 1. The molecule has 2 aliphatic rings. The van der Waals surface area contributed by atoms with Crippen LogP contribution >= 0.6 is 23.2 Å². The van der Waals surface area contributed by atoms with Gasteiger partial charge in [0.15, 0.2) is 0 Å². The van der Waals surface area contributed by atoms with Crippen molar-refractivity contribution in [3.63, 3.8) is 0 Å². The lowest BCUT2D eigenvalue weighted by Crippen LogP contribution is -2.53. The molecule has 2 aromatic carbocycles. The molecular weight excluding hydrogens is 533 g/mol. The third-order valence-corrected chi connectivity index (χ3v) is 9.80. The zero-order valence-corrected chi connectivity index (χ0v) is 25.1. The number of carbonyl (C=O) groups is 2. The smallest absolute Gasteiger partial charge is 0.309 e. The zero-order chi connectivity index (χ0) is 28.4. The predicted molar refractivity (Wildman–Crippen MR) is 157 cm³/mol. The summed E-state index contributed by atoms with van der Waals surface area (Å²) >= 11 is 13.8. The van der Waals surface area contributed by atoms with Gasteiger partial charge in [0.05, 0.1) is 22.6 Å². The van der Waals surface area contributed by atoms with Crippen LogP contribution < -0.4 is 0 Å². The maximum atomic E-state index is 14.2. The van der Waals surface area contributed by atoms with Crippen LogP contribution in [0.5, 0.6) is 0 Å². The predicted octanol–water partition coefficient (Wildman–Crippen LogP) is 8.11. The van der Waals surface area contributed by atoms with Gasteiger partial charge in [0.25, 0.3) is 5.91 Å². The summed E-state index contributed by atoms with van der Waals surface area (Å²) in [4.78, 5) is 28.7. The van der Waals surface area contributed by atoms with Crippen LogP contribution in [-0.4, -0.2) is 41.6 Å². The molecule has 5 nitrogen and oxygen atoms in total. The molecule has 0 bridgehead atoms. The van der Waals surface area contributed by atoms with E-state index in [9.17, 15) is 14.7 Å². The van der Waals surface area contributed by atoms with E-state index in [-0.39, 0.29) is 17.7 Å². The Morgan fingerprint density at radius 1 is 1.13 bits per heavy atom. The number of rotatable bonds is 10. The van der Waals surface area contributed by atoms with Crippen LogP contribution in [-0.2, 0) is 21.6 Å². The molecule has 0 aromatic heterocycles. The molecule has 1 aliphatic heterocycles. The summed E-state index contributed by atoms with van der Waals surface area (Å²) in [6.45, 7) is 10.2. The van der Waals surface area contributed by atoms with Crippen LogP contribution in [0.4, 0.5) is 0 Å². The fraction of sp³-hybridized carbons (Fsp3) is 0.562. The molecule has 1 amide bonds. The lowest BCUT2D eigenvalue weighted by atomic mass is 9.53. The molecule has 7 heteroatoms. The summed E-state index contributed by atoms with van der Waals surface area (Å²) in [7, 11) is 0. The monoisotopic (exact) mass is 573 g/mol. The highest BCUT2D eigenvalue weighted by Crippen LogP contribution is 2.56. The molecule has 4 rings (SSSR count). The number of carboxylic acid groups (broad SMARTS) is 1. The van der Waals surface area contributed by atoms with Gasteiger partial charge in [-0.1, -0.05) is 80.7 Å². The molecule has 1 aliphatic carbocycles. The van der Waals surface area contributed by atoms with Crippen molar-refractivity contribution in [1.82, 2.24) is 4.90 Å². The van der Waals surface area contributed by atoms with Gasteiger partial charge in [-0.15, -0.1) is 0 Å². The average molecular weight is 575 g/mol. The van der Waals surface area contributed by atoms with Gasteiger partial charge in [0.2, 0.25) is 0 Å². The third kappa shape index (κ3) is 5.87. The van der Waals surface area contributed by atoms with Crippen molar-refractivity contribution >= 4 is 35.1 Å². The number of halogens is 2. The molecule has 0 saturated heterocycles. The van der Waals surface area contributed by atoms with Crippen molar-refractivity contribution < 1.29 is 19.4 Å². The number of ether oxygens (including phenoxy) is 1. The maximum Gasteiger partial charge on any atom is 0.309 e. The first kappa shape index (κ1) is 29.9. The molecule has 0 radical (unpaired) electrons. The number of carboxylic acids is 1. The normalized spacial score (nSPS) is 24.8. The first-order chi connectivity index (χ1) is 18.5. The van der Waals surface area contributed by atoms with E-state index in [0.717, 1.165) is 48.8 Å². The zero-order valence-electron chi connectivity index (χ0n) is 23.6. The fourth-order valence-electron chi connectivity index (χ4n) is 6.78. The molecule has 1 fully saturated rings. The average Bonchev–Trinajstić information content (AvgIpc) is 2.97. The lowest BCUT2D eigenvalue weighted by molar-refractivity contribution is -0.157. The van der Waals surface area contributed by atoms with E-state index >= 15 is 0 Å². The number of fused-ring (bicyclic) bond motifs is 3. The van der Waals surface area contributed by atoms with Gasteiger partial charge in [-0.25, -0.2) is 0 Å². The quantitative estimate of drug-likeness (QED) is 0.291. The Morgan fingerprint density at radius 3 is 2.51 bits per heavy atom. The Balaban J connectivity index is 1.57. The minimum Gasteiger partial charge on any atom is -0.481 e. The lowest BCUT2D eigenvalue weighted by Gasteiger charge is -2.50. The largest absolute Gasteiger partial charge is 0.481 e. The Kier molecular flexibility index (Phi) is 9.35. The molecule has 1 N–H and O–H groups in total. The molecular formula is C32H41Cl2NO4. The molecule has 1 heterocycles. The van der Waals surface area contributed by atoms with Crippen molar-refractivity contribution in [1.29, 1.82) is 0 Å². The number of amides is 1. The summed E-state index contributed by atoms with van der Waals surface area (Å²) in [5.74, 6) is -1.12. The van der Waals surface area contributed by atoms with E-state index in [1.165, 1.54) is 0 Å². The first-order valence-electron chi connectivity index (χ1n) is 14.2. The van der Waals surface area contributed by atoms with Crippen molar-refractivity contribution in [2.75, 3.05) is 19.7 Å². The van der Waals surface area contributed by atoms with Crippen molar-refractivity contribution in [3.8, 4) is 0 Å². The van der Waals surface area contributed by atoms with Gasteiger partial charge in [0, 0.05) is 30.6 Å². The number of unbranched alkanes of at least 4 members (excludes halogenated alkanes) is 2. The topological polar surface area (TPSA) is 66.8 Å². The number of benzene rings is 2.